The van der Waals surface area contributed by atoms with E-state index in [0.717, 1.165) is 11.1 Å². The second-order valence-electron chi connectivity index (χ2n) is 4.38. The van der Waals surface area contributed by atoms with Crippen molar-refractivity contribution in [3.63, 3.8) is 0 Å². The third kappa shape index (κ3) is 2.28. The highest BCUT2D eigenvalue weighted by Crippen LogP contribution is 2.32. The SMILES string of the molecule is O=C1O/C(=C\C2=CCC(F)C(Br)=C2)c2ccccc21. The Bertz CT molecular complexity index is 643. The van der Waals surface area contributed by atoms with Crippen LogP contribution in [0.15, 0.2) is 52.5 Å². The molecule has 96 valence electrons. The first-order valence-corrected chi connectivity index (χ1v) is 6.69. The molecule has 2 nitrogen and oxygen atoms in total. The topological polar surface area (TPSA) is 26.3 Å². The van der Waals surface area contributed by atoms with Gasteiger partial charge in [0.25, 0.3) is 0 Å². The normalized spacial score (nSPS) is 23.8. The molecule has 0 N–H and O–H groups in total. The zero-order valence-electron chi connectivity index (χ0n) is 9.90. The maximum atomic E-state index is 13.3. The van der Waals surface area contributed by atoms with Gasteiger partial charge in [-0.25, -0.2) is 9.18 Å². The molecule has 1 aromatic rings. The van der Waals surface area contributed by atoms with Gasteiger partial charge in [0.05, 0.1) is 5.56 Å². The van der Waals surface area contributed by atoms with Crippen molar-refractivity contribution < 1.29 is 13.9 Å². The van der Waals surface area contributed by atoms with E-state index in [2.05, 4.69) is 15.9 Å². The summed E-state index contributed by atoms with van der Waals surface area (Å²) < 4.78 is 19.1. The first-order valence-electron chi connectivity index (χ1n) is 5.90. The van der Waals surface area contributed by atoms with E-state index in [-0.39, 0.29) is 5.97 Å². The molecule has 3 rings (SSSR count). The molecular formula is C15H10BrFO2. The number of alkyl halides is 1. The molecule has 0 saturated heterocycles. The van der Waals surface area contributed by atoms with E-state index in [9.17, 15) is 9.18 Å². The predicted octanol–water partition coefficient (Wildman–Crippen LogP) is 4.14. The molecule has 4 heteroatoms. The summed E-state index contributed by atoms with van der Waals surface area (Å²) in [4.78, 5) is 11.7. The van der Waals surface area contributed by atoms with E-state index >= 15 is 0 Å². The van der Waals surface area contributed by atoms with Gasteiger partial charge in [0, 0.05) is 16.5 Å². The second-order valence-corrected chi connectivity index (χ2v) is 5.30. The molecule has 0 spiro atoms. The van der Waals surface area contributed by atoms with Gasteiger partial charge in [0.15, 0.2) is 0 Å². The number of hydrogen-bond donors (Lipinski definition) is 0. The van der Waals surface area contributed by atoms with Gasteiger partial charge in [-0.15, -0.1) is 0 Å². The molecule has 2 aliphatic rings. The fourth-order valence-electron chi connectivity index (χ4n) is 2.11. The van der Waals surface area contributed by atoms with Gasteiger partial charge < -0.3 is 4.74 Å². The summed E-state index contributed by atoms with van der Waals surface area (Å²) in [6, 6.07) is 7.23. The van der Waals surface area contributed by atoms with Crippen molar-refractivity contribution in [3.05, 3.63) is 63.7 Å². The highest BCUT2D eigenvalue weighted by molar-refractivity contribution is 9.11. The predicted molar refractivity (Wildman–Crippen MR) is 74.4 cm³/mol. The lowest BCUT2D eigenvalue weighted by Crippen LogP contribution is -2.02. The van der Waals surface area contributed by atoms with Gasteiger partial charge in [-0.3, -0.25) is 0 Å². The molecule has 0 bridgehead atoms. The van der Waals surface area contributed by atoms with Crippen LogP contribution in [-0.4, -0.2) is 12.1 Å². The average Bonchev–Trinajstić information content (AvgIpc) is 2.72. The lowest BCUT2D eigenvalue weighted by molar-refractivity contribution is 0.0716. The lowest BCUT2D eigenvalue weighted by Gasteiger charge is -2.11. The van der Waals surface area contributed by atoms with Crippen molar-refractivity contribution in [2.45, 2.75) is 12.6 Å². The number of benzene rings is 1. The summed E-state index contributed by atoms with van der Waals surface area (Å²) in [7, 11) is 0. The lowest BCUT2D eigenvalue weighted by atomic mass is 10.0. The Morgan fingerprint density at radius 2 is 2.05 bits per heavy atom. The van der Waals surface area contributed by atoms with Crippen LogP contribution in [0.4, 0.5) is 4.39 Å². The Balaban J connectivity index is 1.97. The molecule has 1 atom stereocenters. The number of allylic oxidation sites excluding steroid dienone is 5. The summed E-state index contributed by atoms with van der Waals surface area (Å²) in [6.45, 7) is 0. The maximum Gasteiger partial charge on any atom is 0.344 e. The van der Waals surface area contributed by atoms with E-state index < -0.39 is 6.17 Å². The van der Waals surface area contributed by atoms with E-state index in [1.54, 1.807) is 30.4 Å². The number of hydrogen-bond acceptors (Lipinski definition) is 2. The van der Waals surface area contributed by atoms with Gasteiger partial charge in [-0.1, -0.05) is 40.2 Å². The minimum Gasteiger partial charge on any atom is -0.422 e. The van der Waals surface area contributed by atoms with Crippen LogP contribution in [0.3, 0.4) is 0 Å². The summed E-state index contributed by atoms with van der Waals surface area (Å²) in [5.41, 5.74) is 2.18. The largest absolute Gasteiger partial charge is 0.422 e. The number of halogens is 2. The number of fused-ring (bicyclic) bond motifs is 1. The van der Waals surface area contributed by atoms with Crippen LogP contribution in [0.1, 0.15) is 22.3 Å². The number of carbonyl (C=O) groups excluding carboxylic acids is 1. The van der Waals surface area contributed by atoms with Crippen molar-refractivity contribution in [1.29, 1.82) is 0 Å². The van der Waals surface area contributed by atoms with E-state index in [0.29, 0.717) is 22.2 Å². The van der Waals surface area contributed by atoms with Gasteiger partial charge in [-0.05, 0) is 23.8 Å². The number of esters is 1. The fraction of sp³-hybridized carbons (Fsp3) is 0.133. The molecule has 1 aliphatic carbocycles. The van der Waals surface area contributed by atoms with Gasteiger partial charge in [-0.2, -0.15) is 0 Å². The van der Waals surface area contributed by atoms with E-state index in [1.807, 2.05) is 12.1 Å². The van der Waals surface area contributed by atoms with E-state index in [4.69, 9.17) is 4.74 Å². The van der Waals surface area contributed by atoms with Gasteiger partial charge in [0.2, 0.25) is 0 Å². The zero-order chi connectivity index (χ0) is 13.4. The highest BCUT2D eigenvalue weighted by Gasteiger charge is 2.26. The Hall–Kier alpha value is -1.68. The molecule has 19 heavy (non-hydrogen) atoms. The Morgan fingerprint density at radius 3 is 2.79 bits per heavy atom. The number of cyclic esters (lactones) is 1. The smallest absolute Gasteiger partial charge is 0.344 e. The molecule has 0 aromatic heterocycles. The third-order valence-corrected chi connectivity index (χ3v) is 3.80. The van der Waals surface area contributed by atoms with Crippen LogP contribution in [0.2, 0.25) is 0 Å². The summed E-state index contributed by atoms with van der Waals surface area (Å²) >= 11 is 3.20. The van der Waals surface area contributed by atoms with Crippen molar-refractivity contribution >= 4 is 27.7 Å². The maximum absolute atomic E-state index is 13.3. The zero-order valence-corrected chi connectivity index (χ0v) is 11.5. The third-order valence-electron chi connectivity index (χ3n) is 3.08. The average molecular weight is 321 g/mol. The van der Waals surface area contributed by atoms with Crippen LogP contribution < -0.4 is 0 Å². The quantitative estimate of drug-likeness (QED) is 0.727. The standard InChI is InChI=1S/C15H10BrFO2/c16-12-7-9(5-6-13(12)17)8-14-10-3-1-2-4-11(10)15(18)19-14/h1-5,7-8,13H,6H2/b14-8-. The molecule has 0 fully saturated rings. The number of rotatable bonds is 1. The van der Waals surface area contributed by atoms with Gasteiger partial charge >= 0.3 is 5.97 Å². The molecule has 0 amide bonds. The molecule has 0 saturated carbocycles. The Kier molecular flexibility index (Phi) is 3.11. The second kappa shape index (κ2) is 4.78. The van der Waals surface area contributed by atoms with Gasteiger partial charge in [0.1, 0.15) is 11.9 Å². The van der Waals surface area contributed by atoms with Crippen molar-refractivity contribution in [2.24, 2.45) is 0 Å². The van der Waals surface area contributed by atoms with Crippen LogP contribution in [-0.2, 0) is 4.74 Å². The van der Waals surface area contributed by atoms with Crippen LogP contribution in [0.5, 0.6) is 0 Å². The molecule has 0 radical (unpaired) electrons. The minimum absolute atomic E-state index is 0.325. The molecule has 1 unspecified atom stereocenters. The van der Waals surface area contributed by atoms with Crippen LogP contribution in [0, 0.1) is 0 Å². The highest BCUT2D eigenvalue weighted by atomic mass is 79.9. The molecular weight excluding hydrogens is 311 g/mol. The monoisotopic (exact) mass is 320 g/mol. The Morgan fingerprint density at radius 1 is 1.32 bits per heavy atom. The van der Waals surface area contributed by atoms with Crippen LogP contribution >= 0.6 is 15.9 Å². The number of carbonyl (C=O) groups is 1. The number of ether oxygens (including phenoxy) is 1. The van der Waals surface area contributed by atoms with Crippen molar-refractivity contribution in [2.75, 3.05) is 0 Å². The molecule has 1 aliphatic heterocycles. The Labute approximate surface area is 118 Å². The molecule has 1 aromatic carbocycles. The first-order chi connectivity index (χ1) is 9.15. The summed E-state index contributed by atoms with van der Waals surface area (Å²) in [6.07, 6.45) is 4.59. The minimum atomic E-state index is -0.986. The van der Waals surface area contributed by atoms with Crippen LogP contribution in [0.25, 0.3) is 5.76 Å². The van der Waals surface area contributed by atoms with Crippen molar-refractivity contribution in [1.82, 2.24) is 0 Å². The fourth-order valence-corrected chi connectivity index (χ4v) is 2.56. The van der Waals surface area contributed by atoms with Crippen molar-refractivity contribution in [3.8, 4) is 0 Å². The summed E-state index contributed by atoms with van der Waals surface area (Å²) in [5, 5.41) is 0. The first kappa shape index (κ1) is 12.4. The van der Waals surface area contributed by atoms with E-state index in [1.165, 1.54) is 0 Å². The molecule has 1 heterocycles. The summed E-state index contributed by atoms with van der Waals surface area (Å²) in [5.74, 6) is 0.172.